The number of hydrogen-bond donors (Lipinski definition) is 0. The maximum atomic E-state index is 5.54. The second kappa shape index (κ2) is 4.06. The van der Waals surface area contributed by atoms with Gasteiger partial charge in [0.15, 0.2) is 0 Å². The molecule has 0 aromatic carbocycles. The molecular formula is C13H23NO. The van der Waals surface area contributed by atoms with Gasteiger partial charge >= 0.3 is 0 Å². The molecule has 3 aliphatic rings. The Hall–Kier alpha value is -0.0800. The second-order valence-corrected chi connectivity index (χ2v) is 5.93. The lowest BCUT2D eigenvalue weighted by molar-refractivity contribution is 0.118. The van der Waals surface area contributed by atoms with E-state index in [4.69, 9.17) is 4.74 Å². The molecule has 0 bridgehead atoms. The van der Waals surface area contributed by atoms with Crippen LogP contribution in [0.2, 0.25) is 0 Å². The van der Waals surface area contributed by atoms with Gasteiger partial charge in [-0.05, 0) is 31.6 Å². The Labute approximate surface area is 93.0 Å². The fourth-order valence-corrected chi connectivity index (χ4v) is 3.63. The lowest BCUT2D eigenvalue weighted by Crippen LogP contribution is -2.37. The molecule has 2 atom stereocenters. The molecule has 2 unspecified atom stereocenters. The van der Waals surface area contributed by atoms with Crippen LogP contribution in [0.5, 0.6) is 0 Å². The summed E-state index contributed by atoms with van der Waals surface area (Å²) in [7, 11) is 0. The van der Waals surface area contributed by atoms with E-state index in [1.807, 2.05) is 0 Å². The third-order valence-electron chi connectivity index (χ3n) is 4.77. The quantitative estimate of drug-likeness (QED) is 0.656. The molecule has 2 heteroatoms. The number of rotatable bonds is 1. The van der Waals surface area contributed by atoms with Gasteiger partial charge in [0.2, 0.25) is 0 Å². The van der Waals surface area contributed by atoms with Crippen LogP contribution in [0.15, 0.2) is 0 Å². The van der Waals surface area contributed by atoms with E-state index in [0.717, 1.165) is 37.0 Å². The summed E-state index contributed by atoms with van der Waals surface area (Å²) in [6, 6.07) is 0.909. The lowest BCUT2D eigenvalue weighted by Gasteiger charge is -2.34. The molecule has 0 aromatic heterocycles. The lowest BCUT2D eigenvalue weighted by atomic mass is 9.87. The SMILES string of the molecule is C[C@H]1CC[C@@H](N2CC3COCC3C2)CC1. The minimum absolute atomic E-state index is 0.865. The highest BCUT2D eigenvalue weighted by atomic mass is 16.5. The van der Waals surface area contributed by atoms with Crippen LogP contribution in [0.4, 0.5) is 0 Å². The van der Waals surface area contributed by atoms with Gasteiger partial charge in [-0.25, -0.2) is 0 Å². The van der Waals surface area contributed by atoms with Gasteiger partial charge in [0.1, 0.15) is 0 Å². The van der Waals surface area contributed by atoms with Crippen molar-refractivity contribution in [1.82, 2.24) is 4.90 Å². The van der Waals surface area contributed by atoms with Gasteiger partial charge in [0.05, 0.1) is 13.2 Å². The summed E-state index contributed by atoms with van der Waals surface area (Å²) in [5, 5.41) is 0. The Kier molecular flexibility index (Phi) is 2.73. The Bertz CT molecular complexity index is 211. The molecule has 2 saturated heterocycles. The third kappa shape index (κ3) is 1.94. The smallest absolute Gasteiger partial charge is 0.0510 e. The van der Waals surface area contributed by atoms with Gasteiger partial charge in [-0.15, -0.1) is 0 Å². The monoisotopic (exact) mass is 209 g/mol. The Morgan fingerprint density at radius 1 is 0.933 bits per heavy atom. The van der Waals surface area contributed by atoms with Gasteiger partial charge < -0.3 is 4.74 Å². The maximum absolute atomic E-state index is 5.54. The number of hydrogen-bond acceptors (Lipinski definition) is 2. The molecule has 0 aromatic rings. The fraction of sp³-hybridized carbons (Fsp3) is 1.00. The highest BCUT2D eigenvalue weighted by Gasteiger charge is 2.39. The van der Waals surface area contributed by atoms with E-state index in [-0.39, 0.29) is 0 Å². The van der Waals surface area contributed by atoms with Crippen LogP contribution in [0.25, 0.3) is 0 Å². The molecule has 0 N–H and O–H groups in total. The summed E-state index contributed by atoms with van der Waals surface area (Å²) >= 11 is 0. The van der Waals surface area contributed by atoms with Crippen LogP contribution < -0.4 is 0 Å². The standard InChI is InChI=1S/C13H23NO/c1-10-2-4-13(5-3-10)14-6-11-8-15-9-12(11)7-14/h10-13H,2-9H2,1H3/t10-,11?,12?,13+. The second-order valence-electron chi connectivity index (χ2n) is 5.93. The molecule has 1 saturated carbocycles. The van der Waals surface area contributed by atoms with E-state index >= 15 is 0 Å². The fourth-order valence-electron chi connectivity index (χ4n) is 3.63. The van der Waals surface area contributed by atoms with Crippen molar-refractivity contribution < 1.29 is 4.74 Å². The first-order valence-electron chi connectivity index (χ1n) is 6.64. The summed E-state index contributed by atoms with van der Waals surface area (Å²) in [4.78, 5) is 2.77. The first-order valence-corrected chi connectivity index (χ1v) is 6.64. The van der Waals surface area contributed by atoms with Gasteiger partial charge in [-0.2, -0.15) is 0 Å². The number of nitrogens with zero attached hydrogens (tertiary/aromatic N) is 1. The molecule has 2 aliphatic heterocycles. The van der Waals surface area contributed by atoms with Crippen molar-refractivity contribution in [2.75, 3.05) is 26.3 Å². The van der Waals surface area contributed by atoms with E-state index < -0.39 is 0 Å². The molecule has 0 amide bonds. The van der Waals surface area contributed by atoms with E-state index in [1.165, 1.54) is 38.8 Å². The first kappa shape index (κ1) is 10.1. The van der Waals surface area contributed by atoms with E-state index in [2.05, 4.69) is 11.8 Å². The number of ether oxygens (including phenoxy) is 1. The van der Waals surface area contributed by atoms with Crippen LogP contribution in [0.1, 0.15) is 32.6 Å². The molecule has 15 heavy (non-hydrogen) atoms. The van der Waals surface area contributed by atoms with Crippen LogP contribution in [0.3, 0.4) is 0 Å². The summed E-state index contributed by atoms with van der Waals surface area (Å²) < 4.78 is 5.54. The van der Waals surface area contributed by atoms with Crippen LogP contribution >= 0.6 is 0 Å². The van der Waals surface area contributed by atoms with E-state index in [1.54, 1.807) is 0 Å². The van der Waals surface area contributed by atoms with Crippen molar-refractivity contribution in [3.63, 3.8) is 0 Å². The topological polar surface area (TPSA) is 12.5 Å². The van der Waals surface area contributed by atoms with Crippen molar-refractivity contribution in [3.8, 4) is 0 Å². The number of fused-ring (bicyclic) bond motifs is 1. The largest absolute Gasteiger partial charge is 0.381 e. The summed E-state index contributed by atoms with van der Waals surface area (Å²) in [6.07, 6.45) is 5.79. The number of likely N-dealkylation sites (tertiary alicyclic amines) is 1. The van der Waals surface area contributed by atoms with Crippen molar-refractivity contribution in [1.29, 1.82) is 0 Å². The summed E-state index contributed by atoms with van der Waals surface area (Å²) in [5.41, 5.74) is 0. The molecule has 2 nitrogen and oxygen atoms in total. The molecule has 3 rings (SSSR count). The zero-order chi connectivity index (χ0) is 10.3. The van der Waals surface area contributed by atoms with Crippen molar-refractivity contribution in [2.45, 2.75) is 38.6 Å². The zero-order valence-corrected chi connectivity index (χ0v) is 9.82. The zero-order valence-electron chi connectivity index (χ0n) is 9.82. The van der Waals surface area contributed by atoms with Gasteiger partial charge in [0.25, 0.3) is 0 Å². The van der Waals surface area contributed by atoms with E-state index in [0.29, 0.717) is 0 Å². The van der Waals surface area contributed by atoms with Crippen molar-refractivity contribution in [3.05, 3.63) is 0 Å². The van der Waals surface area contributed by atoms with Gasteiger partial charge in [-0.3, -0.25) is 4.90 Å². The highest BCUT2D eigenvalue weighted by molar-refractivity contribution is 4.91. The van der Waals surface area contributed by atoms with E-state index in [9.17, 15) is 0 Å². The molecule has 0 radical (unpaired) electrons. The van der Waals surface area contributed by atoms with Gasteiger partial charge in [-0.1, -0.05) is 6.92 Å². The van der Waals surface area contributed by atoms with Gasteiger partial charge in [0, 0.05) is 31.0 Å². The summed E-state index contributed by atoms with van der Waals surface area (Å²) in [6.45, 7) is 7.12. The normalized spacial score (nSPS) is 47.0. The van der Waals surface area contributed by atoms with Crippen LogP contribution in [-0.4, -0.2) is 37.2 Å². The first-order chi connectivity index (χ1) is 7.33. The third-order valence-corrected chi connectivity index (χ3v) is 4.77. The molecule has 2 heterocycles. The molecule has 3 fully saturated rings. The molecule has 1 aliphatic carbocycles. The minimum Gasteiger partial charge on any atom is -0.381 e. The highest BCUT2D eigenvalue weighted by Crippen LogP contribution is 2.35. The van der Waals surface area contributed by atoms with Crippen molar-refractivity contribution >= 4 is 0 Å². The molecule has 0 spiro atoms. The average Bonchev–Trinajstić information content (AvgIpc) is 2.78. The maximum Gasteiger partial charge on any atom is 0.0510 e. The van der Waals surface area contributed by atoms with Crippen molar-refractivity contribution in [2.24, 2.45) is 17.8 Å². The minimum atomic E-state index is 0.865. The predicted octanol–water partition coefficient (Wildman–Crippen LogP) is 2.14. The Morgan fingerprint density at radius 2 is 1.53 bits per heavy atom. The summed E-state index contributed by atoms with van der Waals surface area (Å²) in [5.74, 6) is 2.71. The van der Waals surface area contributed by atoms with Crippen LogP contribution in [-0.2, 0) is 4.74 Å². The molecular weight excluding hydrogens is 186 g/mol. The Balaban J connectivity index is 1.56. The van der Waals surface area contributed by atoms with Crippen LogP contribution in [0, 0.1) is 17.8 Å². The Morgan fingerprint density at radius 3 is 2.13 bits per heavy atom. The average molecular weight is 209 g/mol. The molecule has 86 valence electrons. The predicted molar refractivity (Wildman–Crippen MR) is 60.8 cm³/mol.